The quantitative estimate of drug-likeness (QED) is 0.580. The normalized spacial score (nSPS) is 12.3. The van der Waals surface area contributed by atoms with Crippen LogP contribution in [0.4, 0.5) is 0 Å². The molecule has 0 saturated heterocycles. The largest absolute Gasteiger partial charge is 0.385 e. The molecule has 0 aromatic rings. The van der Waals surface area contributed by atoms with Crippen LogP contribution in [0, 0.1) is 0 Å². The molecule has 5 heteroatoms. The second-order valence-corrected chi connectivity index (χ2v) is 5.18. The van der Waals surface area contributed by atoms with Crippen LogP contribution >= 0.6 is 0 Å². The fourth-order valence-electron chi connectivity index (χ4n) is 0.984. The van der Waals surface area contributed by atoms with E-state index in [9.17, 15) is 8.42 Å². The maximum Gasteiger partial charge on any atom is 0.213 e. The molecular formula is C8H19NO3S. The Labute approximate surface area is 80.9 Å². The van der Waals surface area contributed by atoms with Crippen molar-refractivity contribution in [1.29, 1.82) is 0 Å². The zero-order valence-corrected chi connectivity index (χ0v) is 9.43. The molecule has 0 spiro atoms. The van der Waals surface area contributed by atoms with Gasteiger partial charge in [-0.2, -0.15) is 0 Å². The molecule has 0 unspecified atom stereocenters. The highest BCUT2D eigenvalue weighted by Gasteiger charge is 2.15. The minimum atomic E-state index is -3.01. The average molecular weight is 209 g/mol. The molecule has 0 fully saturated rings. The monoisotopic (exact) mass is 209 g/mol. The average Bonchev–Trinajstić information content (AvgIpc) is 2.04. The molecule has 0 aromatic carbocycles. The summed E-state index contributed by atoms with van der Waals surface area (Å²) >= 11 is 0. The molecular weight excluding hydrogens is 190 g/mol. The first-order chi connectivity index (χ1) is 6.04. The van der Waals surface area contributed by atoms with E-state index in [1.54, 1.807) is 14.2 Å². The second-order valence-electron chi connectivity index (χ2n) is 2.98. The van der Waals surface area contributed by atoms with Gasteiger partial charge in [-0.1, -0.05) is 6.92 Å². The molecule has 80 valence electrons. The first-order valence-corrected chi connectivity index (χ1v) is 6.08. The fourth-order valence-corrected chi connectivity index (χ4v) is 2.22. The van der Waals surface area contributed by atoms with Crippen molar-refractivity contribution in [3.05, 3.63) is 0 Å². The Morgan fingerprint density at radius 1 is 1.38 bits per heavy atom. The highest BCUT2D eigenvalue weighted by atomic mass is 32.2. The van der Waals surface area contributed by atoms with Crippen LogP contribution < -0.4 is 0 Å². The molecule has 0 heterocycles. The number of hydrogen-bond donors (Lipinski definition) is 0. The van der Waals surface area contributed by atoms with Crippen molar-refractivity contribution in [2.75, 3.05) is 33.1 Å². The van der Waals surface area contributed by atoms with Crippen LogP contribution in [-0.4, -0.2) is 45.8 Å². The zero-order chi connectivity index (χ0) is 10.3. The van der Waals surface area contributed by atoms with Gasteiger partial charge in [0.15, 0.2) is 0 Å². The number of methoxy groups -OCH3 is 1. The highest BCUT2D eigenvalue weighted by molar-refractivity contribution is 7.89. The molecule has 0 aliphatic carbocycles. The Balaban J connectivity index is 3.87. The standard InChI is InChI=1S/C8H19NO3S/c1-4-8-13(10,11)9(2)6-5-7-12-3/h4-8H2,1-3H3. The van der Waals surface area contributed by atoms with Gasteiger partial charge in [0.2, 0.25) is 10.0 Å². The van der Waals surface area contributed by atoms with Crippen LogP contribution in [0.3, 0.4) is 0 Å². The molecule has 0 aliphatic heterocycles. The maximum absolute atomic E-state index is 11.4. The number of ether oxygens (including phenoxy) is 1. The van der Waals surface area contributed by atoms with Gasteiger partial charge in [-0.3, -0.25) is 0 Å². The zero-order valence-electron chi connectivity index (χ0n) is 8.62. The van der Waals surface area contributed by atoms with Gasteiger partial charge in [-0.25, -0.2) is 12.7 Å². The number of hydrogen-bond acceptors (Lipinski definition) is 3. The van der Waals surface area contributed by atoms with E-state index in [-0.39, 0.29) is 5.75 Å². The molecule has 0 bridgehead atoms. The van der Waals surface area contributed by atoms with Gasteiger partial charge in [0.1, 0.15) is 0 Å². The van der Waals surface area contributed by atoms with Crippen LogP contribution in [-0.2, 0) is 14.8 Å². The Kier molecular flexibility index (Phi) is 6.28. The number of nitrogens with zero attached hydrogens (tertiary/aromatic N) is 1. The third-order valence-electron chi connectivity index (χ3n) is 1.76. The Bertz CT molecular complexity index is 213. The molecule has 0 amide bonds. The lowest BCUT2D eigenvalue weighted by Crippen LogP contribution is -2.30. The molecule has 0 atom stereocenters. The van der Waals surface area contributed by atoms with Crippen LogP contribution in [0.15, 0.2) is 0 Å². The summed E-state index contributed by atoms with van der Waals surface area (Å²) in [5, 5.41) is 0. The smallest absolute Gasteiger partial charge is 0.213 e. The third kappa shape index (κ3) is 5.23. The van der Waals surface area contributed by atoms with Gasteiger partial charge in [0.05, 0.1) is 5.75 Å². The van der Waals surface area contributed by atoms with E-state index in [0.717, 1.165) is 6.42 Å². The maximum atomic E-state index is 11.4. The predicted octanol–water partition coefficient (Wildman–Crippen LogP) is 0.694. The van der Waals surface area contributed by atoms with Crippen LogP contribution in [0.2, 0.25) is 0 Å². The van der Waals surface area contributed by atoms with Gasteiger partial charge in [-0.15, -0.1) is 0 Å². The first kappa shape index (κ1) is 12.9. The van der Waals surface area contributed by atoms with E-state index < -0.39 is 10.0 Å². The summed E-state index contributed by atoms with van der Waals surface area (Å²) in [6, 6.07) is 0. The molecule has 0 radical (unpaired) electrons. The fraction of sp³-hybridized carbons (Fsp3) is 1.00. The topological polar surface area (TPSA) is 46.6 Å². The lowest BCUT2D eigenvalue weighted by atomic mass is 10.5. The van der Waals surface area contributed by atoms with Crippen LogP contribution in [0.5, 0.6) is 0 Å². The lowest BCUT2D eigenvalue weighted by molar-refractivity contribution is 0.189. The van der Waals surface area contributed by atoms with E-state index in [1.165, 1.54) is 4.31 Å². The minimum Gasteiger partial charge on any atom is -0.385 e. The van der Waals surface area contributed by atoms with E-state index >= 15 is 0 Å². The van der Waals surface area contributed by atoms with Crippen molar-refractivity contribution < 1.29 is 13.2 Å². The summed E-state index contributed by atoms with van der Waals surface area (Å²) < 4.78 is 29.1. The lowest BCUT2D eigenvalue weighted by Gasteiger charge is -2.15. The van der Waals surface area contributed by atoms with E-state index in [2.05, 4.69) is 0 Å². The number of rotatable bonds is 7. The van der Waals surface area contributed by atoms with Crippen molar-refractivity contribution >= 4 is 10.0 Å². The molecule has 0 saturated carbocycles. The highest BCUT2D eigenvalue weighted by Crippen LogP contribution is 2.00. The summed E-state index contributed by atoms with van der Waals surface area (Å²) in [6.45, 7) is 3.00. The van der Waals surface area contributed by atoms with Gasteiger partial charge in [0.25, 0.3) is 0 Å². The Hall–Kier alpha value is -0.130. The van der Waals surface area contributed by atoms with Gasteiger partial charge >= 0.3 is 0 Å². The van der Waals surface area contributed by atoms with Crippen LogP contribution in [0.1, 0.15) is 19.8 Å². The van der Waals surface area contributed by atoms with E-state index in [1.807, 2.05) is 6.92 Å². The summed E-state index contributed by atoms with van der Waals surface area (Å²) in [6.07, 6.45) is 1.41. The molecule has 0 aromatic heterocycles. The SMILES string of the molecule is CCCS(=O)(=O)N(C)CCCOC. The summed E-state index contributed by atoms with van der Waals surface area (Å²) in [5.41, 5.74) is 0. The van der Waals surface area contributed by atoms with Gasteiger partial charge in [-0.05, 0) is 12.8 Å². The van der Waals surface area contributed by atoms with Crippen molar-refractivity contribution in [1.82, 2.24) is 4.31 Å². The predicted molar refractivity (Wildman–Crippen MR) is 53.2 cm³/mol. The summed E-state index contributed by atoms with van der Waals surface area (Å²) in [4.78, 5) is 0. The van der Waals surface area contributed by atoms with E-state index in [0.29, 0.717) is 19.6 Å². The van der Waals surface area contributed by atoms with Crippen molar-refractivity contribution in [3.8, 4) is 0 Å². The van der Waals surface area contributed by atoms with Crippen molar-refractivity contribution in [2.24, 2.45) is 0 Å². The summed E-state index contributed by atoms with van der Waals surface area (Å²) in [7, 11) is 0.210. The molecule has 0 aliphatic rings. The van der Waals surface area contributed by atoms with Crippen molar-refractivity contribution in [2.45, 2.75) is 19.8 Å². The Morgan fingerprint density at radius 2 is 2.00 bits per heavy atom. The minimum absolute atomic E-state index is 0.233. The third-order valence-corrected chi connectivity index (χ3v) is 3.81. The Morgan fingerprint density at radius 3 is 2.46 bits per heavy atom. The number of sulfonamides is 1. The molecule has 4 nitrogen and oxygen atoms in total. The van der Waals surface area contributed by atoms with E-state index in [4.69, 9.17) is 4.74 Å². The summed E-state index contributed by atoms with van der Waals surface area (Å²) in [5.74, 6) is 0.233. The molecule has 0 rings (SSSR count). The molecule has 0 N–H and O–H groups in total. The van der Waals surface area contributed by atoms with Crippen molar-refractivity contribution in [3.63, 3.8) is 0 Å². The second kappa shape index (κ2) is 6.34. The van der Waals surface area contributed by atoms with Crippen LogP contribution in [0.25, 0.3) is 0 Å². The van der Waals surface area contributed by atoms with Gasteiger partial charge < -0.3 is 4.74 Å². The molecule has 13 heavy (non-hydrogen) atoms. The van der Waals surface area contributed by atoms with Gasteiger partial charge in [0, 0.05) is 27.3 Å². The first-order valence-electron chi connectivity index (χ1n) is 4.47.